The number of ether oxygens (including phenoxy) is 1. The smallest absolute Gasteiger partial charge is 0.124 e. The van der Waals surface area contributed by atoms with Crippen molar-refractivity contribution in [3.63, 3.8) is 0 Å². The van der Waals surface area contributed by atoms with Crippen LogP contribution in [0.1, 0.15) is 32.0 Å². The van der Waals surface area contributed by atoms with Crippen LogP contribution < -0.4 is 5.73 Å². The van der Waals surface area contributed by atoms with Crippen LogP contribution >= 0.6 is 0 Å². The monoisotopic (exact) mass is 223 g/mol. The van der Waals surface area contributed by atoms with Gasteiger partial charge in [-0.1, -0.05) is 6.92 Å². The molecule has 0 aromatic carbocycles. The van der Waals surface area contributed by atoms with Gasteiger partial charge >= 0.3 is 0 Å². The lowest BCUT2D eigenvalue weighted by molar-refractivity contribution is 0.0670. The number of rotatable bonds is 7. The summed E-state index contributed by atoms with van der Waals surface area (Å²) >= 11 is 0. The summed E-state index contributed by atoms with van der Waals surface area (Å²) in [5.41, 5.74) is 5.93. The molecule has 90 valence electrons. The summed E-state index contributed by atoms with van der Waals surface area (Å²) in [6.07, 6.45) is 8.25. The van der Waals surface area contributed by atoms with Crippen molar-refractivity contribution >= 4 is 0 Å². The van der Waals surface area contributed by atoms with E-state index in [-0.39, 0.29) is 6.04 Å². The zero-order chi connectivity index (χ0) is 11.4. The summed E-state index contributed by atoms with van der Waals surface area (Å²) in [6, 6.07) is 0.199. The summed E-state index contributed by atoms with van der Waals surface area (Å²) in [4.78, 5) is 4.32. The molecule has 4 nitrogen and oxygen atoms in total. The van der Waals surface area contributed by atoms with Crippen molar-refractivity contribution in [1.29, 1.82) is 0 Å². The summed E-state index contributed by atoms with van der Waals surface area (Å²) in [5, 5.41) is 0. The molecular formula is C12H21N3O. The lowest BCUT2D eigenvalue weighted by Crippen LogP contribution is -2.23. The van der Waals surface area contributed by atoms with Crippen molar-refractivity contribution in [3.8, 4) is 0 Å². The minimum atomic E-state index is 0.199. The Labute approximate surface area is 96.8 Å². The topological polar surface area (TPSA) is 53.1 Å². The van der Waals surface area contributed by atoms with E-state index in [1.165, 1.54) is 12.8 Å². The third kappa shape index (κ3) is 3.32. The molecule has 1 aliphatic rings. The fourth-order valence-electron chi connectivity index (χ4n) is 1.63. The molecule has 1 aromatic heterocycles. The van der Waals surface area contributed by atoms with E-state index in [4.69, 9.17) is 10.5 Å². The van der Waals surface area contributed by atoms with Gasteiger partial charge in [0.15, 0.2) is 0 Å². The number of nitrogens with zero attached hydrogens (tertiary/aromatic N) is 2. The van der Waals surface area contributed by atoms with Crippen LogP contribution in [0.25, 0.3) is 0 Å². The first kappa shape index (κ1) is 11.6. The molecule has 1 unspecified atom stereocenters. The number of hydrogen-bond donors (Lipinski definition) is 1. The van der Waals surface area contributed by atoms with E-state index in [2.05, 4.69) is 16.5 Å². The predicted molar refractivity (Wildman–Crippen MR) is 62.9 cm³/mol. The van der Waals surface area contributed by atoms with E-state index in [1.807, 2.05) is 12.4 Å². The molecule has 0 spiro atoms. The lowest BCUT2D eigenvalue weighted by Gasteiger charge is -2.11. The Hall–Kier alpha value is -0.870. The Morgan fingerprint density at radius 3 is 3.12 bits per heavy atom. The van der Waals surface area contributed by atoms with E-state index in [0.717, 1.165) is 31.2 Å². The molecule has 1 fully saturated rings. The predicted octanol–water partition coefficient (Wildman–Crippen LogP) is 1.55. The van der Waals surface area contributed by atoms with Gasteiger partial charge in [0.1, 0.15) is 12.6 Å². The van der Waals surface area contributed by atoms with Gasteiger partial charge in [-0.05, 0) is 25.2 Å². The molecule has 0 saturated heterocycles. The Morgan fingerprint density at radius 1 is 1.62 bits per heavy atom. The minimum absolute atomic E-state index is 0.199. The highest BCUT2D eigenvalue weighted by Crippen LogP contribution is 2.28. The van der Waals surface area contributed by atoms with Crippen molar-refractivity contribution in [2.24, 2.45) is 11.7 Å². The molecule has 1 aromatic rings. The van der Waals surface area contributed by atoms with Gasteiger partial charge in [-0.25, -0.2) is 4.98 Å². The molecule has 0 bridgehead atoms. The van der Waals surface area contributed by atoms with Crippen molar-refractivity contribution in [2.75, 3.05) is 6.61 Å². The van der Waals surface area contributed by atoms with Crippen LogP contribution in [0.4, 0.5) is 0 Å². The molecule has 1 atom stereocenters. The third-order valence-electron chi connectivity index (χ3n) is 3.05. The first-order chi connectivity index (χ1) is 7.79. The molecule has 1 saturated carbocycles. The van der Waals surface area contributed by atoms with E-state index in [1.54, 1.807) is 0 Å². The molecule has 16 heavy (non-hydrogen) atoms. The van der Waals surface area contributed by atoms with Gasteiger partial charge in [0, 0.05) is 24.9 Å². The molecule has 0 radical (unpaired) electrons. The number of imidazole rings is 1. The fourth-order valence-corrected chi connectivity index (χ4v) is 1.63. The van der Waals surface area contributed by atoms with Crippen LogP contribution in [0.5, 0.6) is 0 Å². The number of nitrogens with two attached hydrogens (primary N) is 1. The van der Waals surface area contributed by atoms with Crippen LogP contribution in [0, 0.1) is 5.92 Å². The largest absolute Gasteiger partial charge is 0.360 e. The Balaban J connectivity index is 1.80. The van der Waals surface area contributed by atoms with Gasteiger partial charge in [0.25, 0.3) is 0 Å². The third-order valence-corrected chi connectivity index (χ3v) is 3.05. The van der Waals surface area contributed by atoms with Gasteiger partial charge in [-0.2, -0.15) is 0 Å². The molecule has 0 aliphatic heterocycles. The SMILES string of the molecule is CCC(N)Cc1nccn1COCC1CC1. The molecule has 0 amide bonds. The van der Waals surface area contributed by atoms with Gasteiger partial charge in [-0.15, -0.1) is 0 Å². The van der Waals surface area contributed by atoms with E-state index < -0.39 is 0 Å². The molecule has 1 aliphatic carbocycles. The Bertz CT molecular complexity index is 320. The second-order valence-electron chi connectivity index (χ2n) is 4.63. The molecule has 1 heterocycles. The highest BCUT2D eigenvalue weighted by molar-refractivity contribution is 4.94. The average Bonchev–Trinajstić information content (AvgIpc) is 3.00. The first-order valence-corrected chi connectivity index (χ1v) is 6.13. The maximum atomic E-state index is 5.93. The normalized spacial score (nSPS) is 17.6. The average molecular weight is 223 g/mol. The van der Waals surface area contributed by atoms with Crippen molar-refractivity contribution in [3.05, 3.63) is 18.2 Å². The summed E-state index contributed by atoms with van der Waals surface area (Å²) < 4.78 is 7.69. The van der Waals surface area contributed by atoms with Crippen LogP contribution in [-0.2, 0) is 17.9 Å². The van der Waals surface area contributed by atoms with E-state index >= 15 is 0 Å². The Morgan fingerprint density at radius 2 is 2.44 bits per heavy atom. The van der Waals surface area contributed by atoms with Crippen LogP contribution in [-0.4, -0.2) is 22.2 Å². The zero-order valence-electron chi connectivity index (χ0n) is 9.93. The second-order valence-corrected chi connectivity index (χ2v) is 4.63. The maximum absolute atomic E-state index is 5.93. The van der Waals surface area contributed by atoms with Crippen LogP contribution in [0.3, 0.4) is 0 Å². The van der Waals surface area contributed by atoms with Gasteiger partial charge in [0.2, 0.25) is 0 Å². The molecular weight excluding hydrogens is 202 g/mol. The minimum Gasteiger partial charge on any atom is -0.360 e. The van der Waals surface area contributed by atoms with Gasteiger partial charge in [-0.3, -0.25) is 0 Å². The lowest BCUT2D eigenvalue weighted by atomic mass is 10.1. The van der Waals surface area contributed by atoms with E-state index in [0.29, 0.717) is 6.73 Å². The maximum Gasteiger partial charge on any atom is 0.124 e. The number of hydrogen-bond acceptors (Lipinski definition) is 3. The standard InChI is InChI=1S/C12H21N3O/c1-2-11(13)7-12-14-5-6-15(12)9-16-8-10-3-4-10/h5-6,10-11H,2-4,7-9,13H2,1H3. The summed E-state index contributed by atoms with van der Waals surface area (Å²) in [5.74, 6) is 1.84. The van der Waals surface area contributed by atoms with Crippen molar-refractivity contribution < 1.29 is 4.74 Å². The first-order valence-electron chi connectivity index (χ1n) is 6.13. The van der Waals surface area contributed by atoms with Gasteiger partial charge in [0.05, 0.1) is 6.61 Å². The zero-order valence-corrected chi connectivity index (χ0v) is 9.93. The highest BCUT2D eigenvalue weighted by atomic mass is 16.5. The highest BCUT2D eigenvalue weighted by Gasteiger charge is 2.21. The Kier molecular flexibility index (Phi) is 3.96. The second kappa shape index (κ2) is 5.46. The number of aromatic nitrogens is 2. The summed E-state index contributed by atoms with van der Waals surface area (Å²) in [6.45, 7) is 3.60. The molecule has 2 N–H and O–H groups in total. The quantitative estimate of drug-likeness (QED) is 0.763. The van der Waals surface area contributed by atoms with Crippen molar-refractivity contribution in [1.82, 2.24) is 9.55 Å². The molecule has 2 rings (SSSR count). The van der Waals surface area contributed by atoms with Crippen molar-refractivity contribution in [2.45, 2.75) is 45.4 Å². The summed E-state index contributed by atoms with van der Waals surface area (Å²) in [7, 11) is 0. The fraction of sp³-hybridized carbons (Fsp3) is 0.750. The van der Waals surface area contributed by atoms with Gasteiger partial charge < -0.3 is 15.0 Å². The van der Waals surface area contributed by atoms with Crippen LogP contribution in [0.2, 0.25) is 0 Å². The van der Waals surface area contributed by atoms with E-state index in [9.17, 15) is 0 Å². The van der Waals surface area contributed by atoms with Crippen LogP contribution in [0.15, 0.2) is 12.4 Å². The molecule has 4 heteroatoms.